The highest BCUT2D eigenvalue weighted by molar-refractivity contribution is 9.18. The van der Waals surface area contributed by atoms with Crippen molar-refractivity contribution < 1.29 is 0 Å². The summed E-state index contributed by atoms with van der Waals surface area (Å²) in [6.45, 7) is 4.78. The normalized spacial score (nSPS) is 13.4. The van der Waals surface area contributed by atoms with Gasteiger partial charge in [-0.3, -0.25) is 4.99 Å². The molecule has 0 spiro atoms. The highest BCUT2D eigenvalue weighted by atomic mass is 79.9. The molecule has 0 saturated carbocycles. The molecule has 0 amide bonds. The zero-order chi connectivity index (χ0) is 12.7. The Morgan fingerprint density at radius 3 is 2.50 bits per heavy atom. The summed E-state index contributed by atoms with van der Waals surface area (Å²) in [6.07, 6.45) is 3.73. The minimum Gasteiger partial charge on any atom is -0.272 e. The maximum Gasteiger partial charge on any atom is 0.125 e. The molecule has 1 aromatic carbocycles. The molecular weight excluding hydrogens is 290 g/mol. The van der Waals surface area contributed by atoms with Crippen LogP contribution in [0.4, 0.5) is 0 Å². The topological polar surface area (TPSA) is 38.1 Å². The summed E-state index contributed by atoms with van der Waals surface area (Å²) >= 11 is 3.51. The third-order valence-corrected chi connectivity index (χ3v) is 3.86. The molecule has 3 rings (SSSR count). The van der Waals surface area contributed by atoms with E-state index in [4.69, 9.17) is 0 Å². The molecule has 0 radical (unpaired) electrons. The van der Waals surface area contributed by atoms with Crippen molar-refractivity contribution in [3.05, 3.63) is 47.0 Å². The zero-order valence-electron chi connectivity index (χ0n) is 10.2. The Morgan fingerprint density at radius 1 is 1.06 bits per heavy atom. The van der Waals surface area contributed by atoms with Crippen LogP contribution in [-0.2, 0) is 6.54 Å². The summed E-state index contributed by atoms with van der Waals surface area (Å²) in [5, 5.41) is 0. The van der Waals surface area contributed by atoms with Gasteiger partial charge in [0.2, 0.25) is 0 Å². The second-order valence-electron chi connectivity index (χ2n) is 4.45. The van der Waals surface area contributed by atoms with E-state index < -0.39 is 0 Å². The number of benzene rings is 1. The Kier molecular flexibility index (Phi) is 2.74. The monoisotopic (exact) mass is 301 g/mol. The molecule has 0 unspecified atom stereocenters. The molecular formula is C14H12BrN3. The quantitative estimate of drug-likeness (QED) is 0.809. The van der Waals surface area contributed by atoms with Gasteiger partial charge in [0.15, 0.2) is 0 Å². The van der Waals surface area contributed by atoms with Gasteiger partial charge in [0.1, 0.15) is 10.4 Å². The van der Waals surface area contributed by atoms with Gasteiger partial charge < -0.3 is 0 Å². The third-order valence-electron chi connectivity index (χ3n) is 3.19. The Labute approximate surface area is 114 Å². The smallest absolute Gasteiger partial charge is 0.125 e. The summed E-state index contributed by atoms with van der Waals surface area (Å²) in [4.78, 5) is 12.9. The Hall–Kier alpha value is -1.55. The van der Waals surface area contributed by atoms with E-state index >= 15 is 0 Å². The van der Waals surface area contributed by atoms with E-state index in [1.807, 2.05) is 19.3 Å². The van der Waals surface area contributed by atoms with Gasteiger partial charge in [-0.15, -0.1) is 0 Å². The van der Waals surface area contributed by atoms with Crippen molar-refractivity contribution in [1.29, 1.82) is 0 Å². The lowest BCUT2D eigenvalue weighted by molar-refractivity contribution is 1.05. The predicted molar refractivity (Wildman–Crippen MR) is 76.1 cm³/mol. The van der Waals surface area contributed by atoms with Crippen molar-refractivity contribution in [1.82, 2.24) is 9.97 Å². The van der Waals surface area contributed by atoms with Crippen molar-refractivity contribution in [2.75, 3.05) is 0 Å². The van der Waals surface area contributed by atoms with E-state index in [0.717, 1.165) is 28.1 Å². The molecule has 0 bridgehead atoms. The molecule has 1 aromatic heterocycles. The summed E-state index contributed by atoms with van der Waals surface area (Å²) in [5.74, 6) is 0.791. The number of aromatic nitrogens is 2. The number of halogens is 1. The Bertz CT molecular complexity index is 645. The minimum atomic E-state index is 0.770. The summed E-state index contributed by atoms with van der Waals surface area (Å²) in [5.41, 5.74) is 5.93. The van der Waals surface area contributed by atoms with E-state index in [1.54, 1.807) is 0 Å². The molecule has 1 aliphatic heterocycles. The Balaban J connectivity index is 2.14. The van der Waals surface area contributed by atoms with E-state index in [2.05, 4.69) is 49.9 Å². The maximum atomic E-state index is 4.42. The van der Waals surface area contributed by atoms with E-state index in [1.165, 1.54) is 16.7 Å². The van der Waals surface area contributed by atoms with Gasteiger partial charge in [-0.1, -0.05) is 6.07 Å². The number of aryl methyl sites for hydroxylation is 2. The van der Waals surface area contributed by atoms with Gasteiger partial charge in [-0.05, 0) is 52.5 Å². The van der Waals surface area contributed by atoms with Gasteiger partial charge >= 0.3 is 0 Å². The van der Waals surface area contributed by atoms with Gasteiger partial charge in [0.25, 0.3) is 0 Å². The minimum absolute atomic E-state index is 0.770. The molecule has 0 N–H and O–H groups in total. The van der Waals surface area contributed by atoms with Crippen LogP contribution in [0.15, 0.2) is 29.5 Å². The summed E-state index contributed by atoms with van der Waals surface area (Å²) < 4.78 is 0.940. The standard InChI is InChI=1S/C14H12BrN3/c1-8-3-10(11-5-16-9(2)17-6-11)4-12-13(8)7-18-14(12)15/h3-6H,7H2,1-2H3. The van der Waals surface area contributed by atoms with Crippen LogP contribution in [0, 0.1) is 13.8 Å². The van der Waals surface area contributed by atoms with Gasteiger partial charge in [-0.25, -0.2) is 9.97 Å². The lowest BCUT2D eigenvalue weighted by Gasteiger charge is -2.08. The van der Waals surface area contributed by atoms with Crippen molar-refractivity contribution in [3.8, 4) is 11.1 Å². The van der Waals surface area contributed by atoms with Crippen molar-refractivity contribution >= 4 is 20.6 Å². The van der Waals surface area contributed by atoms with Crippen molar-refractivity contribution in [3.63, 3.8) is 0 Å². The molecule has 2 aromatic rings. The number of rotatable bonds is 1. The third kappa shape index (κ3) is 1.86. The molecule has 3 nitrogen and oxygen atoms in total. The number of hydrogen-bond donors (Lipinski definition) is 0. The average molecular weight is 302 g/mol. The first-order valence-electron chi connectivity index (χ1n) is 5.78. The number of hydrogen-bond acceptors (Lipinski definition) is 3. The maximum absolute atomic E-state index is 4.42. The zero-order valence-corrected chi connectivity index (χ0v) is 11.8. The highest BCUT2D eigenvalue weighted by Crippen LogP contribution is 2.30. The van der Waals surface area contributed by atoms with Crippen LogP contribution in [0.5, 0.6) is 0 Å². The molecule has 90 valence electrons. The van der Waals surface area contributed by atoms with E-state index in [9.17, 15) is 0 Å². The van der Waals surface area contributed by atoms with Gasteiger partial charge in [0.05, 0.1) is 6.54 Å². The predicted octanol–water partition coefficient (Wildman–Crippen LogP) is 3.42. The lowest BCUT2D eigenvalue weighted by atomic mass is 9.98. The van der Waals surface area contributed by atoms with E-state index in [-0.39, 0.29) is 0 Å². The molecule has 2 heterocycles. The second-order valence-corrected chi connectivity index (χ2v) is 5.20. The SMILES string of the molecule is Cc1ncc(-c2cc(C)c3c(c2)C(Br)=NC3)cn1. The first-order chi connectivity index (χ1) is 8.65. The van der Waals surface area contributed by atoms with Crippen LogP contribution < -0.4 is 0 Å². The molecule has 0 aliphatic carbocycles. The van der Waals surface area contributed by atoms with Crippen LogP contribution in [-0.4, -0.2) is 14.6 Å². The Morgan fingerprint density at radius 2 is 1.78 bits per heavy atom. The molecule has 0 saturated heterocycles. The summed E-state index contributed by atoms with van der Waals surface area (Å²) in [6, 6.07) is 4.32. The second kappa shape index (κ2) is 4.28. The fourth-order valence-electron chi connectivity index (χ4n) is 2.15. The summed E-state index contributed by atoms with van der Waals surface area (Å²) in [7, 11) is 0. The first-order valence-corrected chi connectivity index (χ1v) is 6.57. The van der Waals surface area contributed by atoms with Crippen molar-refractivity contribution in [2.45, 2.75) is 20.4 Å². The molecule has 1 aliphatic rings. The van der Waals surface area contributed by atoms with Gasteiger partial charge in [0, 0.05) is 23.5 Å². The molecule has 0 fully saturated rings. The number of aliphatic imine (C=N–C) groups is 1. The van der Waals surface area contributed by atoms with Crippen LogP contribution in [0.1, 0.15) is 22.5 Å². The number of fused-ring (bicyclic) bond motifs is 1. The van der Waals surface area contributed by atoms with Crippen molar-refractivity contribution in [2.24, 2.45) is 4.99 Å². The van der Waals surface area contributed by atoms with Crippen LogP contribution >= 0.6 is 15.9 Å². The molecule has 0 atom stereocenters. The fourth-order valence-corrected chi connectivity index (χ4v) is 2.63. The highest BCUT2D eigenvalue weighted by Gasteiger charge is 2.17. The first kappa shape index (κ1) is 11.5. The van der Waals surface area contributed by atoms with Gasteiger partial charge in [-0.2, -0.15) is 0 Å². The fraction of sp³-hybridized carbons (Fsp3) is 0.214. The largest absolute Gasteiger partial charge is 0.272 e. The average Bonchev–Trinajstić information content (AvgIpc) is 2.73. The number of nitrogens with zero attached hydrogens (tertiary/aromatic N) is 3. The van der Waals surface area contributed by atoms with E-state index in [0.29, 0.717) is 0 Å². The van der Waals surface area contributed by atoms with Crippen LogP contribution in [0.25, 0.3) is 11.1 Å². The van der Waals surface area contributed by atoms with Crippen LogP contribution in [0.2, 0.25) is 0 Å². The lowest BCUT2D eigenvalue weighted by Crippen LogP contribution is -1.95. The molecule has 4 heteroatoms. The van der Waals surface area contributed by atoms with Crippen LogP contribution in [0.3, 0.4) is 0 Å². The molecule has 18 heavy (non-hydrogen) atoms.